The molecule has 0 aromatic carbocycles. The summed E-state index contributed by atoms with van der Waals surface area (Å²) in [5, 5.41) is 12.6. The van der Waals surface area contributed by atoms with E-state index in [1.807, 2.05) is 26.8 Å². The van der Waals surface area contributed by atoms with Gasteiger partial charge >= 0.3 is 5.97 Å². The minimum Gasteiger partial charge on any atom is -0.477 e. The summed E-state index contributed by atoms with van der Waals surface area (Å²) in [4.78, 5) is 28.1. The van der Waals surface area contributed by atoms with Crippen molar-refractivity contribution in [3.05, 3.63) is 38.6 Å². The smallest absolute Gasteiger partial charge is 0.347 e. The number of nitrogens with zero attached hydrogens (tertiary/aromatic N) is 2. The predicted octanol–water partition coefficient (Wildman–Crippen LogP) is 3.08. The van der Waals surface area contributed by atoms with Gasteiger partial charge in [0.25, 0.3) is 5.91 Å². The molecule has 6 nitrogen and oxygen atoms in total. The number of rotatable bonds is 5. The third kappa shape index (κ3) is 3.29. The molecule has 0 bridgehead atoms. The van der Waals surface area contributed by atoms with Crippen LogP contribution >= 0.6 is 11.3 Å². The van der Waals surface area contributed by atoms with Crippen molar-refractivity contribution in [2.75, 3.05) is 0 Å². The Balaban J connectivity index is 2.20. The molecule has 0 radical (unpaired) electrons. The Morgan fingerprint density at radius 1 is 1.39 bits per heavy atom. The van der Waals surface area contributed by atoms with E-state index in [1.54, 1.807) is 13.8 Å². The number of amides is 1. The van der Waals surface area contributed by atoms with E-state index in [1.165, 1.54) is 0 Å². The molecule has 2 aromatic heterocycles. The molecule has 0 aliphatic carbocycles. The zero-order valence-electron chi connectivity index (χ0n) is 13.9. The minimum absolute atomic E-state index is 0.171. The van der Waals surface area contributed by atoms with Gasteiger partial charge in [-0.3, -0.25) is 4.79 Å². The van der Waals surface area contributed by atoms with Gasteiger partial charge in [0.05, 0.1) is 17.3 Å². The van der Waals surface area contributed by atoms with E-state index in [-0.39, 0.29) is 16.8 Å². The minimum atomic E-state index is -0.990. The Morgan fingerprint density at radius 2 is 2.04 bits per heavy atom. The number of carboxylic acid groups (broad SMARTS) is 1. The summed E-state index contributed by atoms with van der Waals surface area (Å²) in [6.07, 6.45) is 0. The molecule has 0 fully saturated rings. The van der Waals surface area contributed by atoms with Gasteiger partial charge in [-0.25, -0.2) is 9.78 Å². The van der Waals surface area contributed by atoms with Crippen LogP contribution in [0.2, 0.25) is 0 Å². The molecule has 2 heterocycles. The van der Waals surface area contributed by atoms with Crippen molar-refractivity contribution < 1.29 is 14.7 Å². The Labute approximate surface area is 139 Å². The molecule has 0 saturated heterocycles. The Hall–Kier alpha value is -2.15. The van der Waals surface area contributed by atoms with Gasteiger partial charge in [0.15, 0.2) is 0 Å². The predicted molar refractivity (Wildman–Crippen MR) is 89.3 cm³/mol. The number of thiazole rings is 1. The van der Waals surface area contributed by atoms with Gasteiger partial charge in [-0.2, -0.15) is 0 Å². The molecule has 0 aliphatic heterocycles. The summed E-state index contributed by atoms with van der Waals surface area (Å²) in [5.74, 6) is -1.16. The van der Waals surface area contributed by atoms with Gasteiger partial charge in [-0.05, 0) is 40.7 Å². The second-order valence-corrected chi connectivity index (χ2v) is 6.53. The highest BCUT2D eigenvalue weighted by Crippen LogP contribution is 2.24. The van der Waals surface area contributed by atoms with E-state index in [9.17, 15) is 9.59 Å². The summed E-state index contributed by atoms with van der Waals surface area (Å²) >= 11 is 1.10. The highest BCUT2D eigenvalue weighted by Gasteiger charge is 2.21. The van der Waals surface area contributed by atoms with Crippen LogP contribution in [0.5, 0.6) is 0 Å². The Kier molecular flexibility index (Phi) is 4.89. The molecule has 0 spiro atoms. The van der Waals surface area contributed by atoms with Crippen LogP contribution < -0.4 is 5.32 Å². The van der Waals surface area contributed by atoms with Crippen molar-refractivity contribution in [2.45, 2.75) is 47.2 Å². The quantitative estimate of drug-likeness (QED) is 0.879. The number of carbonyl (C=O) groups is 2. The maximum absolute atomic E-state index is 12.5. The molecule has 2 N–H and O–H groups in total. The molecular formula is C16H21N3O3S. The average Bonchev–Trinajstić information content (AvgIpc) is 2.99. The zero-order chi connectivity index (χ0) is 17.3. The van der Waals surface area contributed by atoms with Crippen LogP contribution in [-0.2, 0) is 6.54 Å². The van der Waals surface area contributed by atoms with Crippen LogP contribution in [0.25, 0.3) is 0 Å². The first-order chi connectivity index (χ1) is 10.8. The van der Waals surface area contributed by atoms with E-state index < -0.39 is 5.97 Å². The van der Waals surface area contributed by atoms with Crippen LogP contribution in [0.1, 0.15) is 62.0 Å². The van der Waals surface area contributed by atoms with Crippen molar-refractivity contribution in [1.82, 2.24) is 14.9 Å². The summed E-state index contributed by atoms with van der Waals surface area (Å²) in [5.41, 5.74) is 3.09. The van der Waals surface area contributed by atoms with Crippen LogP contribution in [0, 0.1) is 20.8 Å². The number of hydrogen-bond donors (Lipinski definition) is 2. The molecule has 2 aromatic rings. The molecule has 124 valence electrons. The average molecular weight is 335 g/mol. The van der Waals surface area contributed by atoms with Gasteiger partial charge < -0.3 is 15.0 Å². The highest BCUT2D eigenvalue weighted by molar-refractivity contribution is 7.13. The fraction of sp³-hybridized carbons (Fsp3) is 0.438. The van der Waals surface area contributed by atoms with Crippen LogP contribution in [0.15, 0.2) is 6.07 Å². The maximum atomic E-state index is 12.5. The van der Waals surface area contributed by atoms with E-state index in [4.69, 9.17) is 5.11 Å². The number of hydrogen-bond acceptors (Lipinski definition) is 4. The lowest BCUT2D eigenvalue weighted by molar-refractivity contribution is 0.0701. The first-order valence-electron chi connectivity index (χ1n) is 7.44. The number of aromatic carboxylic acids is 1. The SMILES string of the molecule is CCn1c(C)cc(C(=O)NC(C)c2nc(C)c(C(=O)O)s2)c1C. The normalized spacial score (nSPS) is 12.2. The lowest BCUT2D eigenvalue weighted by Crippen LogP contribution is -2.27. The van der Waals surface area contributed by atoms with E-state index in [0.717, 1.165) is 29.3 Å². The molecule has 2 rings (SSSR count). The van der Waals surface area contributed by atoms with Crippen LogP contribution in [-0.4, -0.2) is 26.5 Å². The van der Waals surface area contributed by atoms with Gasteiger partial charge in [-0.1, -0.05) is 0 Å². The summed E-state index contributed by atoms with van der Waals surface area (Å²) < 4.78 is 2.08. The topological polar surface area (TPSA) is 84.2 Å². The summed E-state index contributed by atoms with van der Waals surface area (Å²) in [7, 11) is 0. The molecule has 1 atom stereocenters. The van der Waals surface area contributed by atoms with Crippen LogP contribution in [0.3, 0.4) is 0 Å². The lowest BCUT2D eigenvalue weighted by Gasteiger charge is -2.11. The Morgan fingerprint density at radius 3 is 2.52 bits per heavy atom. The van der Waals surface area contributed by atoms with Crippen molar-refractivity contribution in [3.63, 3.8) is 0 Å². The summed E-state index contributed by atoms with van der Waals surface area (Å²) in [6, 6.07) is 1.53. The van der Waals surface area contributed by atoms with E-state index in [2.05, 4.69) is 14.9 Å². The third-order valence-electron chi connectivity index (χ3n) is 3.86. The number of aryl methyl sites for hydroxylation is 2. The standard InChI is InChI=1S/C16H21N3O3S/c1-6-19-8(2)7-12(11(19)5)14(20)17-10(4)15-18-9(3)13(23-15)16(21)22/h7,10H,6H2,1-5H3,(H,17,20)(H,21,22). The fourth-order valence-electron chi connectivity index (χ4n) is 2.65. The second kappa shape index (κ2) is 6.54. The van der Waals surface area contributed by atoms with Gasteiger partial charge in [0.1, 0.15) is 9.88 Å². The number of carbonyl (C=O) groups excluding carboxylic acids is 1. The van der Waals surface area contributed by atoms with E-state index >= 15 is 0 Å². The maximum Gasteiger partial charge on any atom is 0.347 e. The van der Waals surface area contributed by atoms with Crippen LogP contribution in [0.4, 0.5) is 0 Å². The lowest BCUT2D eigenvalue weighted by atomic mass is 10.2. The first kappa shape index (κ1) is 17.2. The third-order valence-corrected chi connectivity index (χ3v) is 5.19. The first-order valence-corrected chi connectivity index (χ1v) is 8.26. The Bertz CT molecular complexity index is 761. The number of carboxylic acids is 1. The summed E-state index contributed by atoms with van der Waals surface area (Å²) in [6.45, 7) is 10.2. The molecule has 1 unspecified atom stereocenters. The molecule has 7 heteroatoms. The van der Waals surface area contributed by atoms with Crippen molar-refractivity contribution >= 4 is 23.2 Å². The largest absolute Gasteiger partial charge is 0.477 e. The highest BCUT2D eigenvalue weighted by atomic mass is 32.1. The molecule has 1 amide bonds. The fourth-order valence-corrected chi connectivity index (χ4v) is 3.56. The van der Waals surface area contributed by atoms with Crippen molar-refractivity contribution in [3.8, 4) is 0 Å². The van der Waals surface area contributed by atoms with Gasteiger partial charge in [-0.15, -0.1) is 11.3 Å². The van der Waals surface area contributed by atoms with Gasteiger partial charge in [0, 0.05) is 17.9 Å². The number of nitrogens with one attached hydrogen (secondary N) is 1. The zero-order valence-corrected chi connectivity index (χ0v) is 14.7. The molecule has 0 aliphatic rings. The molecule has 0 saturated carbocycles. The number of aromatic nitrogens is 2. The van der Waals surface area contributed by atoms with Crippen molar-refractivity contribution in [1.29, 1.82) is 0 Å². The monoisotopic (exact) mass is 335 g/mol. The van der Waals surface area contributed by atoms with E-state index in [0.29, 0.717) is 16.3 Å². The molecule has 23 heavy (non-hydrogen) atoms. The van der Waals surface area contributed by atoms with Crippen molar-refractivity contribution in [2.24, 2.45) is 0 Å². The second-order valence-electron chi connectivity index (χ2n) is 5.50. The van der Waals surface area contributed by atoms with Gasteiger partial charge in [0.2, 0.25) is 0 Å². The molecular weight excluding hydrogens is 314 g/mol.